The Morgan fingerprint density at radius 2 is 1.82 bits per heavy atom. The minimum atomic E-state index is -0.348. The molecule has 0 radical (unpaired) electrons. The third-order valence-corrected chi connectivity index (χ3v) is 4.87. The van der Waals surface area contributed by atoms with Crippen LogP contribution in [-0.2, 0) is 22.5 Å². The van der Waals surface area contributed by atoms with Crippen molar-refractivity contribution in [2.45, 2.75) is 54.0 Å². The Labute approximate surface area is 168 Å². The summed E-state index contributed by atoms with van der Waals surface area (Å²) in [4.78, 5) is 30.1. The normalized spacial score (nSPS) is 10.9. The van der Waals surface area contributed by atoms with Gasteiger partial charge in [0.1, 0.15) is 5.69 Å². The summed E-state index contributed by atoms with van der Waals surface area (Å²) in [6.07, 6.45) is 1.32. The van der Waals surface area contributed by atoms with Gasteiger partial charge in [0, 0.05) is 25.2 Å². The fraction of sp³-hybridized carbons (Fsp3) is 0.478. The average Bonchev–Trinajstić information content (AvgIpc) is 2.93. The zero-order valence-electron chi connectivity index (χ0n) is 17.7. The first kappa shape index (κ1) is 21.7. The summed E-state index contributed by atoms with van der Waals surface area (Å²) in [6.45, 7) is 11.2. The maximum atomic E-state index is 12.9. The molecule has 0 bridgehead atoms. The standard InChI is InChI=1S/C23H32N2O3/c1-6-28-23(27)22-17(4)20(18(5)24-22)15-25(21(26)14-16(2)3)13-12-19-10-8-7-9-11-19/h7-11,16,24H,6,12-15H2,1-5H3. The SMILES string of the molecule is CCOC(=O)c1[nH]c(C)c(CN(CCc2ccccc2)C(=O)CC(C)C)c1C. The van der Waals surface area contributed by atoms with E-state index in [1.165, 1.54) is 5.56 Å². The Hall–Kier alpha value is -2.56. The van der Waals surface area contributed by atoms with Crippen LogP contribution >= 0.6 is 0 Å². The van der Waals surface area contributed by atoms with Gasteiger partial charge in [-0.3, -0.25) is 4.79 Å². The number of esters is 1. The molecule has 0 aliphatic rings. The lowest BCUT2D eigenvalue weighted by Crippen LogP contribution is -2.33. The molecule has 0 atom stereocenters. The number of carbonyl (C=O) groups is 2. The highest BCUT2D eigenvalue weighted by Crippen LogP contribution is 2.22. The molecule has 0 saturated carbocycles. The van der Waals surface area contributed by atoms with Crippen molar-refractivity contribution in [2.75, 3.05) is 13.2 Å². The van der Waals surface area contributed by atoms with Gasteiger partial charge in [0.15, 0.2) is 0 Å². The molecular weight excluding hydrogens is 352 g/mol. The van der Waals surface area contributed by atoms with E-state index in [-0.39, 0.29) is 11.9 Å². The van der Waals surface area contributed by atoms with E-state index < -0.39 is 0 Å². The fourth-order valence-corrected chi connectivity index (χ4v) is 3.30. The lowest BCUT2D eigenvalue weighted by Gasteiger charge is -2.24. The molecule has 5 nitrogen and oxygen atoms in total. The molecule has 2 aromatic rings. The number of hydrogen-bond acceptors (Lipinski definition) is 3. The second-order valence-electron chi connectivity index (χ2n) is 7.60. The summed E-state index contributed by atoms with van der Waals surface area (Å²) in [5, 5.41) is 0. The topological polar surface area (TPSA) is 62.4 Å². The van der Waals surface area contributed by atoms with Crippen LogP contribution in [0.15, 0.2) is 30.3 Å². The number of amides is 1. The number of H-pyrrole nitrogens is 1. The molecule has 28 heavy (non-hydrogen) atoms. The first-order valence-electron chi connectivity index (χ1n) is 10.00. The van der Waals surface area contributed by atoms with E-state index in [4.69, 9.17) is 4.74 Å². The maximum absolute atomic E-state index is 12.9. The van der Waals surface area contributed by atoms with Crippen molar-refractivity contribution in [3.8, 4) is 0 Å². The van der Waals surface area contributed by atoms with Crippen LogP contribution in [0.3, 0.4) is 0 Å². The summed E-state index contributed by atoms with van der Waals surface area (Å²) in [7, 11) is 0. The van der Waals surface area contributed by atoms with Crippen LogP contribution in [0, 0.1) is 19.8 Å². The first-order chi connectivity index (χ1) is 13.3. The van der Waals surface area contributed by atoms with Crippen LogP contribution in [0.1, 0.15) is 60.1 Å². The van der Waals surface area contributed by atoms with Crippen LogP contribution in [-0.4, -0.2) is 34.9 Å². The Balaban J connectivity index is 2.21. The zero-order valence-corrected chi connectivity index (χ0v) is 17.7. The number of nitrogens with zero attached hydrogens (tertiary/aromatic N) is 1. The monoisotopic (exact) mass is 384 g/mol. The molecule has 1 aromatic carbocycles. The van der Waals surface area contributed by atoms with Crippen LogP contribution in [0.2, 0.25) is 0 Å². The van der Waals surface area contributed by atoms with E-state index in [0.717, 1.165) is 23.2 Å². The molecule has 2 rings (SSSR count). The van der Waals surface area contributed by atoms with Gasteiger partial charge in [0.05, 0.1) is 6.61 Å². The number of nitrogens with one attached hydrogen (secondary N) is 1. The summed E-state index contributed by atoms with van der Waals surface area (Å²) < 4.78 is 5.14. The average molecular weight is 385 g/mol. The Morgan fingerprint density at radius 1 is 1.14 bits per heavy atom. The highest BCUT2D eigenvalue weighted by molar-refractivity contribution is 5.90. The van der Waals surface area contributed by atoms with Gasteiger partial charge in [-0.2, -0.15) is 0 Å². The maximum Gasteiger partial charge on any atom is 0.355 e. The van der Waals surface area contributed by atoms with Gasteiger partial charge in [-0.05, 0) is 49.8 Å². The first-order valence-corrected chi connectivity index (χ1v) is 10.00. The third-order valence-electron chi connectivity index (χ3n) is 4.87. The molecule has 1 aromatic heterocycles. The van der Waals surface area contributed by atoms with Crippen molar-refractivity contribution in [1.82, 2.24) is 9.88 Å². The fourth-order valence-electron chi connectivity index (χ4n) is 3.30. The molecule has 1 heterocycles. The highest BCUT2D eigenvalue weighted by atomic mass is 16.5. The van der Waals surface area contributed by atoms with Gasteiger partial charge in [-0.1, -0.05) is 44.2 Å². The van der Waals surface area contributed by atoms with Gasteiger partial charge in [-0.15, -0.1) is 0 Å². The van der Waals surface area contributed by atoms with Gasteiger partial charge in [0.25, 0.3) is 0 Å². The predicted molar refractivity (Wildman–Crippen MR) is 111 cm³/mol. The van der Waals surface area contributed by atoms with Gasteiger partial charge < -0.3 is 14.6 Å². The van der Waals surface area contributed by atoms with Crippen molar-refractivity contribution in [2.24, 2.45) is 5.92 Å². The number of rotatable bonds is 9. The molecule has 5 heteroatoms. The van der Waals surface area contributed by atoms with Crippen molar-refractivity contribution < 1.29 is 14.3 Å². The molecule has 0 aliphatic heterocycles. The molecular formula is C23H32N2O3. The van der Waals surface area contributed by atoms with Crippen LogP contribution < -0.4 is 0 Å². The van der Waals surface area contributed by atoms with Crippen molar-refractivity contribution in [3.63, 3.8) is 0 Å². The summed E-state index contributed by atoms with van der Waals surface area (Å²) in [5.41, 5.74) is 4.45. The van der Waals surface area contributed by atoms with Crippen molar-refractivity contribution in [3.05, 3.63) is 58.4 Å². The Bertz CT molecular complexity index is 794. The summed E-state index contributed by atoms with van der Waals surface area (Å²) in [5.74, 6) is 0.0949. The van der Waals surface area contributed by atoms with Crippen LogP contribution in [0.4, 0.5) is 0 Å². The summed E-state index contributed by atoms with van der Waals surface area (Å²) in [6, 6.07) is 10.2. The van der Waals surface area contributed by atoms with E-state index in [1.807, 2.05) is 36.9 Å². The molecule has 0 saturated heterocycles. The Kier molecular flexibility index (Phi) is 7.85. The van der Waals surface area contributed by atoms with Gasteiger partial charge in [0.2, 0.25) is 5.91 Å². The van der Waals surface area contributed by atoms with Crippen molar-refractivity contribution in [1.29, 1.82) is 0 Å². The molecule has 1 N–H and O–H groups in total. The predicted octanol–water partition coefficient (Wildman–Crippen LogP) is 4.43. The molecule has 0 spiro atoms. The summed E-state index contributed by atoms with van der Waals surface area (Å²) >= 11 is 0. The zero-order chi connectivity index (χ0) is 20.7. The number of benzene rings is 1. The molecule has 1 amide bonds. The third kappa shape index (κ3) is 5.72. The van der Waals surface area contributed by atoms with Crippen LogP contribution in [0.25, 0.3) is 0 Å². The van der Waals surface area contributed by atoms with Gasteiger partial charge in [-0.25, -0.2) is 4.79 Å². The van der Waals surface area contributed by atoms with Gasteiger partial charge >= 0.3 is 5.97 Å². The lowest BCUT2D eigenvalue weighted by atomic mass is 10.1. The van der Waals surface area contributed by atoms with Crippen LogP contribution in [0.5, 0.6) is 0 Å². The van der Waals surface area contributed by atoms with E-state index in [1.54, 1.807) is 6.92 Å². The number of ether oxygens (including phenoxy) is 1. The minimum absolute atomic E-state index is 0.142. The van der Waals surface area contributed by atoms with E-state index in [9.17, 15) is 9.59 Å². The number of aromatic nitrogens is 1. The van der Waals surface area contributed by atoms with E-state index in [0.29, 0.717) is 37.7 Å². The largest absolute Gasteiger partial charge is 0.461 e. The molecule has 0 unspecified atom stereocenters. The van der Waals surface area contributed by atoms with E-state index >= 15 is 0 Å². The molecule has 0 fully saturated rings. The molecule has 0 aliphatic carbocycles. The van der Waals surface area contributed by atoms with E-state index in [2.05, 4.69) is 31.0 Å². The quantitative estimate of drug-likeness (QED) is 0.651. The number of hydrogen-bond donors (Lipinski definition) is 1. The number of carbonyl (C=O) groups excluding carboxylic acids is 2. The van der Waals surface area contributed by atoms with Crippen molar-refractivity contribution >= 4 is 11.9 Å². The second kappa shape index (κ2) is 10.1. The number of aromatic amines is 1. The highest BCUT2D eigenvalue weighted by Gasteiger charge is 2.22. The lowest BCUT2D eigenvalue weighted by molar-refractivity contribution is -0.132. The minimum Gasteiger partial charge on any atom is -0.461 e. The number of aryl methyl sites for hydroxylation is 1. The second-order valence-corrected chi connectivity index (χ2v) is 7.60. The smallest absolute Gasteiger partial charge is 0.355 e. The Morgan fingerprint density at radius 3 is 2.43 bits per heavy atom. The molecule has 152 valence electrons.